The molecule has 0 fully saturated rings. The van der Waals surface area contributed by atoms with Crippen molar-refractivity contribution in [3.63, 3.8) is 0 Å². The van der Waals surface area contributed by atoms with E-state index in [0.717, 1.165) is 38.4 Å². The van der Waals surface area contributed by atoms with Crippen LogP contribution in [0.2, 0.25) is 5.02 Å². The Labute approximate surface area is 130 Å². The molecular formula is C16H12ClN3S. The van der Waals surface area contributed by atoms with Gasteiger partial charge in [0.2, 0.25) is 0 Å². The molecule has 2 aromatic heterocycles. The van der Waals surface area contributed by atoms with Crippen molar-refractivity contribution in [1.29, 1.82) is 0 Å². The van der Waals surface area contributed by atoms with Crippen molar-refractivity contribution in [3.8, 4) is 0 Å². The van der Waals surface area contributed by atoms with Crippen LogP contribution < -0.4 is 5.32 Å². The van der Waals surface area contributed by atoms with E-state index in [2.05, 4.69) is 33.7 Å². The number of halogens is 1. The van der Waals surface area contributed by atoms with Gasteiger partial charge < -0.3 is 5.32 Å². The number of nitrogens with one attached hydrogen (secondary N) is 2. The highest BCUT2D eigenvalue weighted by molar-refractivity contribution is 7.19. The predicted octanol–water partition coefficient (Wildman–Crippen LogP) is 5.04. The van der Waals surface area contributed by atoms with Crippen LogP contribution in [0.25, 0.3) is 21.0 Å². The third-order valence-electron chi connectivity index (χ3n) is 3.49. The molecule has 104 valence electrons. The smallest absolute Gasteiger partial charge is 0.0651 e. The molecule has 0 bridgehead atoms. The molecular weight excluding hydrogens is 302 g/mol. The van der Waals surface area contributed by atoms with Gasteiger partial charge in [0.15, 0.2) is 0 Å². The summed E-state index contributed by atoms with van der Waals surface area (Å²) in [7, 11) is 0. The average molecular weight is 314 g/mol. The standard InChI is InChI=1S/C16H12ClN3S/c17-16-12-3-1-2-4-14(12)21-15(16)9-18-11-5-6-13-10(7-11)8-19-20-13/h1-8,18H,9H2,(H,19,20). The summed E-state index contributed by atoms with van der Waals surface area (Å²) in [5, 5.41) is 13.5. The summed E-state index contributed by atoms with van der Waals surface area (Å²) in [5.74, 6) is 0. The van der Waals surface area contributed by atoms with Crippen molar-refractivity contribution < 1.29 is 0 Å². The highest BCUT2D eigenvalue weighted by atomic mass is 35.5. The number of aromatic amines is 1. The number of thiophene rings is 1. The molecule has 4 aromatic rings. The molecule has 2 N–H and O–H groups in total. The van der Waals surface area contributed by atoms with Crippen molar-refractivity contribution in [2.24, 2.45) is 0 Å². The first-order valence-electron chi connectivity index (χ1n) is 6.64. The first-order chi connectivity index (χ1) is 10.3. The zero-order valence-corrected chi connectivity index (χ0v) is 12.6. The Morgan fingerprint density at radius 2 is 2.10 bits per heavy atom. The Morgan fingerprint density at radius 1 is 1.19 bits per heavy atom. The van der Waals surface area contributed by atoms with Crippen molar-refractivity contribution in [3.05, 3.63) is 58.6 Å². The second-order valence-electron chi connectivity index (χ2n) is 4.86. The number of anilines is 1. The van der Waals surface area contributed by atoms with Gasteiger partial charge in [-0.25, -0.2) is 0 Å². The second kappa shape index (κ2) is 5.06. The lowest BCUT2D eigenvalue weighted by Crippen LogP contribution is -1.97. The molecule has 21 heavy (non-hydrogen) atoms. The minimum atomic E-state index is 0.724. The Hall–Kier alpha value is -2.04. The van der Waals surface area contributed by atoms with Gasteiger partial charge in [-0.1, -0.05) is 29.8 Å². The average Bonchev–Trinajstić information content (AvgIpc) is 3.10. The molecule has 3 nitrogen and oxygen atoms in total. The number of aromatic nitrogens is 2. The van der Waals surface area contributed by atoms with E-state index in [9.17, 15) is 0 Å². The first kappa shape index (κ1) is 12.7. The van der Waals surface area contributed by atoms with Crippen LogP contribution in [0.1, 0.15) is 4.88 Å². The molecule has 2 heterocycles. The van der Waals surface area contributed by atoms with E-state index in [0.29, 0.717) is 0 Å². The highest BCUT2D eigenvalue weighted by Gasteiger charge is 2.09. The third kappa shape index (κ3) is 2.26. The first-order valence-corrected chi connectivity index (χ1v) is 7.83. The molecule has 0 amide bonds. The quantitative estimate of drug-likeness (QED) is 0.556. The van der Waals surface area contributed by atoms with Crippen LogP contribution >= 0.6 is 22.9 Å². The fourth-order valence-corrected chi connectivity index (χ4v) is 3.85. The van der Waals surface area contributed by atoms with Crippen LogP contribution in [0.15, 0.2) is 48.7 Å². The number of H-pyrrole nitrogens is 1. The molecule has 0 aliphatic carbocycles. The van der Waals surface area contributed by atoms with E-state index in [1.165, 1.54) is 4.70 Å². The summed E-state index contributed by atoms with van der Waals surface area (Å²) in [6.45, 7) is 0.724. The van der Waals surface area contributed by atoms with E-state index in [4.69, 9.17) is 11.6 Å². The SMILES string of the molecule is Clc1c(CNc2ccc3[nH]ncc3c2)sc2ccccc12. The van der Waals surface area contributed by atoms with Crippen molar-refractivity contribution in [2.45, 2.75) is 6.54 Å². The number of hydrogen-bond acceptors (Lipinski definition) is 3. The van der Waals surface area contributed by atoms with Gasteiger partial charge in [-0.2, -0.15) is 5.10 Å². The number of rotatable bonds is 3. The van der Waals surface area contributed by atoms with Gasteiger partial charge in [-0.05, 0) is 24.3 Å². The lowest BCUT2D eigenvalue weighted by molar-refractivity contribution is 1.12. The van der Waals surface area contributed by atoms with Crippen LogP contribution in [0, 0.1) is 0 Å². The van der Waals surface area contributed by atoms with Crippen LogP contribution in [0.3, 0.4) is 0 Å². The van der Waals surface area contributed by atoms with Gasteiger partial charge in [0.05, 0.1) is 23.3 Å². The minimum Gasteiger partial charge on any atom is -0.380 e. The van der Waals surface area contributed by atoms with Crippen molar-refractivity contribution in [1.82, 2.24) is 10.2 Å². The zero-order chi connectivity index (χ0) is 14.2. The maximum atomic E-state index is 6.46. The monoisotopic (exact) mass is 313 g/mol. The van der Waals surface area contributed by atoms with E-state index in [1.54, 1.807) is 11.3 Å². The van der Waals surface area contributed by atoms with E-state index in [1.807, 2.05) is 30.5 Å². The van der Waals surface area contributed by atoms with Gasteiger partial charge >= 0.3 is 0 Å². The highest BCUT2D eigenvalue weighted by Crippen LogP contribution is 2.35. The normalized spacial score (nSPS) is 11.3. The van der Waals surface area contributed by atoms with Crippen LogP contribution in [0.5, 0.6) is 0 Å². The summed E-state index contributed by atoms with van der Waals surface area (Å²) in [4.78, 5) is 1.16. The molecule has 2 aromatic carbocycles. The Balaban J connectivity index is 1.61. The van der Waals surface area contributed by atoms with Crippen LogP contribution in [-0.4, -0.2) is 10.2 Å². The summed E-state index contributed by atoms with van der Waals surface area (Å²) in [6.07, 6.45) is 1.83. The van der Waals surface area contributed by atoms with Gasteiger partial charge in [-0.3, -0.25) is 5.10 Å². The number of nitrogens with zero attached hydrogens (tertiary/aromatic N) is 1. The lowest BCUT2D eigenvalue weighted by atomic mass is 10.2. The van der Waals surface area contributed by atoms with E-state index < -0.39 is 0 Å². The molecule has 0 spiro atoms. The fourth-order valence-electron chi connectivity index (χ4n) is 2.41. The van der Waals surface area contributed by atoms with Gasteiger partial charge in [0.1, 0.15) is 0 Å². The number of hydrogen-bond donors (Lipinski definition) is 2. The molecule has 0 aliphatic heterocycles. The predicted molar refractivity (Wildman–Crippen MR) is 90.3 cm³/mol. The summed E-state index contributed by atoms with van der Waals surface area (Å²) in [5.41, 5.74) is 2.11. The van der Waals surface area contributed by atoms with Crippen LogP contribution in [0.4, 0.5) is 5.69 Å². The Kier molecular flexibility index (Phi) is 3.05. The third-order valence-corrected chi connectivity index (χ3v) is 5.21. The molecule has 5 heteroatoms. The number of fused-ring (bicyclic) bond motifs is 2. The van der Waals surface area contributed by atoms with Crippen LogP contribution in [-0.2, 0) is 6.54 Å². The molecule has 0 radical (unpaired) electrons. The summed E-state index contributed by atoms with van der Waals surface area (Å²) < 4.78 is 1.23. The topological polar surface area (TPSA) is 40.7 Å². The maximum Gasteiger partial charge on any atom is 0.0651 e. The minimum absolute atomic E-state index is 0.724. The summed E-state index contributed by atoms with van der Waals surface area (Å²) >= 11 is 8.19. The zero-order valence-electron chi connectivity index (χ0n) is 11.1. The molecule has 4 rings (SSSR count). The molecule has 0 aliphatic rings. The molecule has 0 saturated heterocycles. The van der Waals surface area contributed by atoms with E-state index in [-0.39, 0.29) is 0 Å². The lowest BCUT2D eigenvalue weighted by Gasteiger charge is -2.05. The number of benzene rings is 2. The Bertz CT molecular complexity index is 925. The second-order valence-corrected chi connectivity index (χ2v) is 6.38. The van der Waals surface area contributed by atoms with Gasteiger partial charge in [-0.15, -0.1) is 11.3 Å². The molecule has 0 saturated carbocycles. The molecule has 0 atom stereocenters. The Morgan fingerprint density at radius 3 is 3.00 bits per heavy atom. The summed E-state index contributed by atoms with van der Waals surface area (Å²) in [6, 6.07) is 14.4. The van der Waals surface area contributed by atoms with E-state index >= 15 is 0 Å². The van der Waals surface area contributed by atoms with Crippen molar-refractivity contribution in [2.75, 3.05) is 5.32 Å². The van der Waals surface area contributed by atoms with Gasteiger partial charge in [0, 0.05) is 26.0 Å². The molecule has 0 unspecified atom stereocenters. The maximum absolute atomic E-state index is 6.46. The largest absolute Gasteiger partial charge is 0.380 e. The van der Waals surface area contributed by atoms with Gasteiger partial charge in [0.25, 0.3) is 0 Å². The van der Waals surface area contributed by atoms with Crippen molar-refractivity contribution >= 4 is 49.6 Å². The fraction of sp³-hybridized carbons (Fsp3) is 0.0625.